The van der Waals surface area contributed by atoms with Crippen molar-refractivity contribution < 1.29 is 0 Å². The minimum atomic E-state index is 0.744. The summed E-state index contributed by atoms with van der Waals surface area (Å²) in [6.45, 7) is 4.37. The van der Waals surface area contributed by atoms with Gasteiger partial charge in [0.2, 0.25) is 0 Å². The lowest BCUT2D eigenvalue weighted by Crippen LogP contribution is -2.27. The molecular weight excluding hydrogens is 212 g/mol. The third-order valence-corrected chi connectivity index (χ3v) is 3.18. The number of hydrazine groups is 1. The third-order valence-electron chi connectivity index (χ3n) is 3.18. The first-order valence-electron chi connectivity index (χ1n) is 6.50. The molecule has 1 fully saturated rings. The van der Waals surface area contributed by atoms with Crippen LogP contribution in [0.1, 0.15) is 38.3 Å². The van der Waals surface area contributed by atoms with Crippen LogP contribution in [0.25, 0.3) is 0 Å². The summed E-state index contributed by atoms with van der Waals surface area (Å²) in [5, 5.41) is 0. The molecule has 3 N–H and O–H groups in total. The number of unbranched alkanes of at least 4 members (excludes halogenated alkanes) is 1. The topological polar surface area (TPSA) is 54.2 Å². The van der Waals surface area contributed by atoms with E-state index >= 15 is 0 Å². The summed E-state index contributed by atoms with van der Waals surface area (Å²) in [7, 11) is 0. The van der Waals surface area contributed by atoms with Crippen molar-refractivity contribution in [2.75, 3.05) is 12.0 Å². The van der Waals surface area contributed by atoms with Gasteiger partial charge in [0.05, 0.1) is 5.69 Å². The lowest BCUT2D eigenvalue weighted by molar-refractivity contribution is 0.248. The first kappa shape index (κ1) is 12.3. The van der Waals surface area contributed by atoms with Crippen molar-refractivity contribution in [3.63, 3.8) is 0 Å². The van der Waals surface area contributed by atoms with Crippen molar-refractivity contribution >= 4 is 5.82 Å². The molecule has 4 heteroatoms. The zero-order valence-electron chi connectivity index (χ0n) is 10.5. The largest absolute Gasteiger partial charge is 0.308 e. The van der Waals surface area contributed by atoms with Gasteiger partial charge < -0.3 is 5.43 Å². The minimum Gasteiger partial charge on any atom is -0.308 e. The van der Waals surface area contributed by atoms with Gasteiger partial charge in [0.25, 0.3) is 0 Å². The molecule has 0 aromatic carbocycles. The Kier molecular flexibility index (Phi) is 4.34. The quantitative estimate of drug-likeness (QED) is 0.560. The Hall–Kier alpha value is -1.13. The van der Waals surface area contributed by atoms with Crippen molar-refractivity contribution in [3.05, 3.63) is 23.9 Å². The van der Waals surface area contributed by atoms with Crippen LogP contribution < -0.4 is 11.3 Å². The van der Waals surface area contributed by atoms with Gasteiger partial charge in [0, 0.05) is 12.6 Å². The number of nitrogens with two attached hydrogens (primary N) is 1. The number of nitrogens with zero attached hydrogens (tertiary/aromatic N) is 2. The number of nitrogen functional groups attached to an aromatic ring is 1. The standard InChI is InChI=1S/C13H22N4/c1-2-3-9-17(12-7-8-12)10-11-5-4-6-13(15-11)16-14/h4-6,12H,2-3,7-10,14H2,1H3,(H,15,16). The SMILES string of the molecule is CCCCN(Cc1cccc(NN)n1)C1CC1. The molecule has 0 atom stereocenters. The van der Waals surface area contributed by atoms with Crippen LogP contribution in [0.15, 0.2) is 18.2 Å². The lowest BCUT2D eigenvalue weighted by atomic mass is 10.2. The van der Waals surface area contributed by atoms with Crippen LogP contribution in [0.4, 0.5) is 5.82 Å². The number of aromatic nitrogens is 1. The lowest BCUT2D eigenvalue weighted by Gasteiger charge is -2.21. The Morgan fingerprint density at radius 1 is 1.47 bits per heavy atom. The maximum absolute atomic E-state index is 5.38. The first-order valence-corrected chi connectivity index (χ1v) is 6.50. The summed E-state index contributed by atoms with van der Waals surface area (Å²) in [5.74, 6) is 6.12. The van der Waals surface area contributed by atoms with Gasteiger partial charge >= 0.3 is 0 Å². The van der Waals surface area contributed by atoms with E-state index in [0.717, 1.165) is 24.1 Å². The molecule has 17 heavy (non-hydrogen) atoms. The van der Waals surface area contributed by atoms with E-state index in [0.29, 0.717) is 0 Å². The second-order valence-corrected chi connectivity index (χ2v) is 4.71. The van der Waals surface area contributed by atoms with Crippen LogP contribution in [0.2, 0.25) is 0 Å². The Balaban J connectivity index is 1.95. The predicted molar refractivity (Wildman–Crippen MR) is 70.4 cm³/mol. The van der Waals surface area contributed by atoms with Gasteiger partial charge in [-0.2, -0.15) is 0 Å². The number of nitrogens with one attached hydrogen (secondary N) is 1. The van der Waals surface area contributed by atoms with Crippen LogP contribution >= 0.6 is 0 Å². The molecule has 2 rings (SSSR count). The molecule has 1 aromatic rings. The number of hydrogen-bond donors (Lipinski definition) is 2. The summed E-state index contributed by atoms with van der Waals surface area (Å²) in [4.78, 5) is 7.02. The zero-order valence-corrected chi connectivity index (χ0v) is 10.5. The monoisotopic (exact) mass is 234 g/mol. The summed E-state index contributed by atoms with van der Waals surface area (Å²) in [6, 6.07) is 6.75. The molecule has 1 heterocycles. The van der Waals surface area contributed by atoms with Crippen molar-refractivity contribution in [1.29, 1.82) is 0 Å². The molecule has 0 saturated heterocycles. The van der Waals surface area contributed by atoms with Crippen molar-refractivity contribution in [3.8, 4) is 0 Å². The van der Waals surface area contributed by atoms with Gasteiger partial charge in [-0.15, -0.1) is 0 Å². The van der Waals surface area contributed by atoms with E-state index in [9.17, 15) is 0 Å². The molecule has 0 aliphatic heterocycles. The van der Waals surface area contributed by atoms with Crippen LogP contribution in [0.3, 0.4) is 0 Å². The molecule has 0 spiro atoms. The normalized spacial score (nSPS) is 15.2. The zero-order chi connectivity index (χ0) is 12.1. The number of hydrogen-bond acceptors (Lipinski definition) is 4. The molecule has 0 bridgehead atoms. The highest BCUT2D eigenvalue weighted by Crippen LogP contribution is 2.28. The van der Waals surface area contributed by atoms with E-state index in [4.69, 9.17) is 5.84 Å². The Bertz CT molecular complexity index is 349. The summed E-state index contributed by atoms with van der Waals surface area (Å²) < 4.78 is 0. The van der Waals surface area contributed by atoms with Crippen LogP contribution in [0, 0.1) is 0 Å². The average Bonchev–Trinajstić information content (AvgIpc) is 3.19. The van der Waals surface area contributed by atoms with E-state index in [1.54, 1.807) is 0 Å². The fourth-order valence-electron chi connectivity index (χ4n) is 2.05. The van der Waals surface area contributed by atoms with E-state index in [1.165, 1.54) is 32.2 Å². The second-order valence-electron chi connectivity index (χ2n) is 4.71. The average molecular weight is 234 g/mol. The predicted octanol–water partition coefficient (Wildman–Crippen LogP) is 2.13. The number of pyridine rings is 1. The van der Waals surface area contributed by atoms with Crippen molar-refractivity contribution in [2.45, 2.75) is 45.2 Å². The van der Waals surface area contributed by atoms with E-state index in [-0.39, 0.29) is 0 Å². The molecule has 1 aliphatic carbocycles. The van der Waals surface area contributed by atoms with Gasteiger partial charge in [-0.3, -0.25) is 4.90 Å². The summed E-state index contributed by atoms with van der Waals surface area (Å²) >= 11 is 0. The molecule has 0 radical (unpaired) electrons. The van der Waals surface area contributed by atoms with Gasteiger partial charge in [0.15, 0.2) is 0 Å². The Labute approximate surface area is 103 Å². The molecule has 94 valence electrons. The van der Waals surface area contributed by atoms with E-state index in [1.807, 2.05) is 12.1 Å². The fraction of sp³-hybridized carbons (Fsp3) is 0.615. The minimum absolute atomic E-state index is 0.744. The third kappa shape index (κ3) is 3.68. The first-order chi connectivity index (χ1) is 8.33. The highest BCUT2D eigenvalue weighted by molar-refractivity contribution is 5.33. The highest BCUT2D eigenvalue weighted by Gasteiger charge is 2.28. The molecule has 0 unspecified atom stereocenters. The summed E-state index contributed by atoms with van der Waals surface area (Å²) in [6.07, 6.45) is 5.21. The highest BCUT2D eigenvalue weighted by atomic mass is 15.3. The summed E-state index contributed by atoms with van der Waals surface area (Å²) in [5.41, 5.74) is 3.70. The molecule has 1 saturated carbocycles. The van der Waals surface area contributed by atoms with Crippen LogP contribution in [-0.2, 0) is 6.54 Å². The van der Waals surface area contributed by atoms with Crippen LogP contribution in [-0.4, -0.2) is 22.5 Å². The molecule has 4 nitrogen and oxygen atoms in total. The maximum Gasteiger partial charge on any atom is 0.140 e. The molecule has 1 aromatic heterocycles. The van der Waals surface area contributed by atoms with Gasteiger partial charge in [-0.05, 0) is 37.9 Å². The molecule has 0 amide bonds. The number of rotatable bonds is 7. The second kappa shape index (κ2) is 5.98. The molecule has 1 aliphatic rings. The maximum atomic E-state index is 5.38. The van der Waals surface area contributed by atoms with Crippen molar-refractivity contribution in [2.24, 2.45) is 5.84 Å². The smallest absolute Gasteiger partial charge is 0.140 e. The van der Waals surface area contributed by atoms with Crippen LogP contribution in [0.5, 0.6) is 0 Å². The molecular formula is C13H22N4. The Morgan fingerprint density at radius 3 is 2.94 bits per heavy atom. The van der Waals surface area contributed by atoms with Gasteiger partial charge in [-0.1, -0.05) is 19.4 Å². The van der Waals surface area contributed by atoms with Gasteiger partial charge in [0.1, 0.15) is 5.82 Å². The Morgan fingerprint density at radius 2 is 2.29 bits per heavy atom. The van der Waals surface area contributed by atoms with Crippen molar-refractivity contribution in [1.82, 2.24) is 9.88 Å². The van der Waals surface area contributed by atoms with E-state index < -0.39 is 0 Å². The van der Waals surface area contributed by atoms with E-state index in [2.05, 4.69) is 28.3 Å². The van der Waals surface area contributed by atoms with Gasteiger partial charge in [-0.25, -0.2) is 10.8 Å². The fourth-order valence-corrected chi connectivity index (χ4v) is 2.05. The number of anilines is 1.